The zero-order valence-electron chi connectivity index (χ0n) is 12.5. The van der Waals surface area contributed by atoms with Crippen molar-refractivity contribution in [3.8, 4) is 5.75 Å². The second-order valence-electron chi connectivity index (χ2n) is 5.22. The van der Waals surface area contributed by atoms with Gasteiger partial charge in [0.05, 0.1) is 16.5 Å². The van der Waals surface area contributed by atoms with Crippen molar-refractivity contribution in [1.82, 2.24) is 4.90 Å². The molecule has 2 aromatic rings. The highest BCUT2D eigenvalue weighted by molar-refractivity contribution is 9.10. The Morgan fingerprint density at radius 3 is 2.52 bits per heavy atom. The van der Waals surface area contributed by atoms with Crippen LogP contribution in [0.5, 0.6) is 5.75 Å². The number of hydrogen-bond acceptors (Lipinski definition) is 4. The molecule has 1 saturated heterocycles. The SMILES string of the molecule is O=C1S/C(=C\c2cc(Cl)cc(Cl)c2O)C(=O)N1Cc1ccc(Br)cc1. The molecule has 1 aliphatic rings. The van der Waals surface area contributed by atoms with Crippen LogP contribution in [0.3, 0.4) is 0 Å². The molecule has 0 radical (unpaired) electrons. The summed E-state index contributed by atoms with van der Waals surface area (Å²) in [6.45, 7) is 0.178. The Bertz CT molecular complexity index is 900. The number of imide groups is 1. The molecule has 3 rings (SSSR count). The molecule has 0 aliphatic carbocycles. The van der Waals surface area contributed by atoms with Gasteiger partial charge in [-0.2, -0.15) is 0 Å². The van der Waals surface area contributed by atoms with Crippen molar-refractivity contribution in [2.45, 2.75) is 6.54 Å². The predicted octanol–water partition coefficient (Wildman–Crippen LogP) is 5.70. The molecule has 0 aromatic heterocycles. The summed E-state index contributed by atoms with van der Waals surface area (Å²) in [4.78, 5) is 26.1. The summed E-state index contributed by atoms with van der Waals surface area (Å²) in [6.07, 6.45) is 1.42. The molecule has 0 unspecified atom stereocenters. The lowest BCUT2D eigenvalue weighted by atomic mass is 10.1. The first-order chi connectivity index (χ1) is 11.8. The first-order valence-corrected chi connectivity index (χ1v) is 9.39. The highest BCUT2D eigenvalue weighted by Crippen LogP contribution is 2.37. The number of aromatic hydroxyl groups is 1. The number of amides is 2. The number of nitrogens with zero attached hydrogens (tertiary/aromatic N) is 1. The second-order valence-corrected chi connectivity index (χ2v) is 7.97. The smallest absolute Gasteiger partial charge is 0.293 e. The zero-order valence-corrected chi connectivity index (χ0v) is 16.4. The van der Waals surface area contributed by atoms with Crippen molar-refractivity contribution < 1.29 is 14.7 Å². The van der Waals surface area contributed by atoms with E-state index in [0.717, 1.165) is 26.7 Å². The molecule has 1 aliphatic heterocycles. The Kier molecular flexibility index (Phi) is 5.43. The molecule has 0 spiro atoms. The Hall–Kier alpha value is -1.47. The number of rotatable bonds is 3. The topological polar surface area (TPSA) is 57.6 Å². The lowest BCUT2D eigenvalue weighted by Gasteiger charge is -2.12. The van der Waals surface area contributed by atoms with Crippen LogP contribution in [0, 0.1) is 0 Å². The Labute approximate surface area is 166 Å². The van der Waals surface area contributed by atoms with Crippen LogP contribution in [0.25, 0.3) is 6.08 Å². The molecular weight excluding hydrogens is 449 g/mol. The summed E-state index contributed by atoms with van der Waals surface area (Å²) < 4.78 is 0.915. The van der Waals surface area contributed by atoms with E-state index < -0.39 is 5.91 Å². The number of phenolic OH excluding ortho intramolecular Hbond substituents is 1. The van der Waals surface area contributed by atoms with E-state index in [2.05, 4.69) is 15.9 Å². The Morgan fingerprint density at radius 1 is 1.16 bits per heavy atom. The van der Waals surface area contributed by atoms with Crippen molar-refractivity contribution in [3.63, 3.8) is 0 Å². The van der Waals surface area contributed by atoms with Crippen LogP contribution in [-0.2, 0) is 11.3 Å². The predicted molar refractivity (Wildman–Crippen MR) is 104 cm³/mol. The summed E-state index contributed by atoms with van der Waals surface area (Å²) in [7, 11) is 0. The first-order valence-electron chi connectivity index (χ1n) is 7.03. The molecular formula is C17H10BrCl2NO3S. The van der Waals surface area contributed by atoms with E-state index in [0.29, 0.717) is 5.02 Å². The fraction of sp³-hybridized carbons (Fsp3) is 0.0588. The largest absolute Gasteiger partial charge is 0.506 e. The van der Waals surface area contributed by atoms with E-state index in [1.807, 2.05) is 24.3 Å². The highest BCUT2D eigenvalue weighted by atomic mass is 79.9. The van der Waals surface area contributed by atoms with E-state index in [1.165, 1.54) is 18.2 Å². The van der Waals surface area contributed by atoms with Gasteiger partial charge in [0.2, 0.25) is 0 Å². The summed E-state index contributed by atoms with van der Waals surface area (Å²) in [5, 5.41) is 10.0. The summed E-state index contributed by atoms with van der Waals surface area (Å²) in [5.74, 6) is -0.612. The van der Waals surface area contributed by atoms with Crippen LogP contribution in [0.2, 0.25) is 10.0 Å². The van der Waals surface area contributed by atoms with E-state index in [1.54, 1.807) is 0 Å². The zero-order chi connectivity index (χ0) is 18.1. The Balaban J connectivity index is 1.87. The molecule has 4 nitrogen and oxygen atoms in total. The molecule has 0 bridgehead atoms. The summed E-state index contributed by atoms with van der Waals surface area (Å²) in [6, 6.07) is 10.2. The van der Waals surface area contributed by atoms with Gasteiger partial charge in [-0.1, -0.05) is 51.3 Å². The number of hydrogen-bond donors (Lipinski definition) is 1. The highest BCUT2D eigenvalue weighted by Gasteiger charge is 2.35. The van der Waals surface area contributed by atoms with Crippen molar-refractivity contribution in [2.24, 2.45) is 0 Å². The fourth-order valence-electron chi connectivity index (χ4n) is 2.25. The van der Waals surface area contributed by atoms with Crippen molar-refractivity contribution in [2.75, 3.05) is 0 Å². The number of halogens is 3. The van der Waals surface area contributed by atoms with Gasteiger partial charge in [0.1, 0.15) is 5.75 Å². The fourth-order valence-corrected chi connectivity index (χ4v) is 3.85. The maximum atomic E-state index is 12.5. The number of carbonyl (C=O) groups is 2. The van der Waals surface area contributed by atoms with Crippen LogP contribution in [-0.4, -0.2) is 21.2 Å². The van der Waals surface area contributed by atoms with Gasteiger partial charge in [-0.3, -0.25) is 14.5 Å². The number of phenols is 1. The number of benzene rings is 2. The van der Waals surface area contributed by atoms with Gasteiger partial charge in [0, 0.05) is 15.1 Å². The van der Waals surface area contributed by atoms with Crippen molar-refractivity contribution in [1.29, 1.82) is 0 Å². The van der Waals surface area contributed by atoms with Crippen LogP contribution < -0.4 is 0 Å². The Morgan fingerprint density at radius 2 is 1.84 bits per heavy atom. The molecule has 1 heterocycles. The van der Waals surface area contributed by atoms with E-state index in [-0.39, 0.29) is 33.0 Å². The van der Waals surface area contributed by atoms with Gasteiger partial charge in [0.25, 0.3) is 11.1 Å². The maximum Gasteiger partial charge on any atom is 0.293 e. The van der Waals surface area contributed by atoms with Crippen molar-refractivity contribution in [3.05, 3.63) is 66.9 Å². The first kappa shape index (κ1) is 18.3. The standard InChI is InChI=1S/C17H10BrCl2NO3S/c18-11-3-1-9(2-4-11)8-21-16(23)14(25-17(21)24)6-10-5-12(19)7-13(20)15(10)22/h1-7,22H,8H2/b14-6-. The average Bonchev–Trinajstić information content (AvgIpc) is 2.81. The normalized spacial score (nSPS) is 16.1. The van der Waals surface area contributed by atoms with Gasteiger partial charge in [-0.05, 0) is 47.7 Å². The van der Waals surface area contributed by atoms with E-state index in [4.69, 9.17) is 23.2 Å². The molecule has 2 amide bonds. The quantitative estimate of drug-likeness (QED) is 0.599. The van der Waals surface area contributed by atoms with Gasteiger partial charge >= 0.3 is 0 Å². The molecule has 0 atom stereocenters. The van der Waals surface area contributed by atoms with Gasteiger partial charge in [0.15, 0.2) is 0 Å². The minimum absolute atomic E-state index is 0.0767. The molecule has 1 N–H and O–H groups in total. The number of thioether (sulfide) groups is 1. The summed E-state index contributed by atoms with van der Waals surface area (Å²) in [5.41, 5.74) is 1.12. The van der Waals surface area contributed by atoms with E-state index >= 15 is 0 Å². The van der Waals surface area contributed by atoms with Crippen LogP contribution in [0.15, 0.2) is 45.8 Å². The van der Waals surface area contributed by atoms with Gasteiger partial charge in [-0.25, -0.2) is 0 Å². The van der Waals surface area contributed by atoms with Crippen LogP contribution in [0.4, 0.5) is 4.79 Å². The third-order valence-electron chi connectivity index (χ3n) is 3.47. The minimum atomic E-state index is -0.423. The molecule has 1 fully saturated rings. The molecule has 128 valence electrons. The molecule has 2 aromatic carbocycles. The van der Waals surface area contributed by atoms with Gasteiger partial charge < -0.3 is 5.11 Å². The average molecular weight is 459 g/mol. The second kappa shape index (κ2) is 7.41. The van der Waals surface area contributed by atoms with Crippen LogP contribution >= 0.6 is 50.9 Å². The lowest BCUT2D eigenvalue weighted by Crippen LogP contribution is -2.27. The number of carbonyl (C=O) groups excluding carboxylic acids is 2. The van der Waals surface area contributed by atoms with Crippen molar-refractivity contribution >= 4 is 68.1 Å². The lowest BCUT2D eigenvalue weighted by molar-refractivity contribution is -0.123. The molecule has 0 saturated carbocycles. The minimum Gasteiger partial charge on any atom is -0.506 e. The summed E-state index contributed by atoms with van der Waals surface area (Å²) >= 11 is 16.0. The molecule has 25 heavy (non-hydrogen) atoms. The third kappa shape index (κ3) is 4.03. The monoisotopic (exact) mass is 457 g/mol. The van der Waals surface area contributed by atoms with E-state index in [9.17, 15) is 14.7 Å². The maximum absolute atomic E-state index is 12.5. The van der Waals surface area contributed by atoms with Crippen LogP contribution in [0.1, 0.15) is 11.1 Å². The third-order valence-corrected chi connectivity index (χ3v) is 5.41. The molecule has 8 heteroatoms. The van der Waals surface area contributed by atoms with Gasteiger partial charge in [-0.15, -0.1) is 0 Å².